The molecule has 0 spiro atoms. The van der Waals surface area contributed by atoms with Crippen molar-refractivity contribution in [2.75, 3.05) is 23.3 Å². The number of benzene rings is 1. The molecule has 1 fully saturated rings. The number of alkyl carbamates (subject to hydrolysis) is 1. The predicted octanol–water partition coefficient (Wildman–Crippen LogP) is 3.20. The first-order chi connectivity index (χ1) is 22.2. The van der Waals surface area contributed by atoms with E-state index in [1.165, 1.54) is 4.57 Å². The van der Waals surface area contributed by atoms with Gasteiger partial charge in [0.05, 0.1) is 12.5 Å². The number of hydrogen-bond acceptors (Lipinski definition) is 9. The van der Waals surface area contributed by atoms with E-state index in [1.807, 2.05) is 30.0 Å². The molecule has 252 valence electrons. The summed E-state index contributed by atoms with van der Waals surface area (Å²) in [7, 11) is 0. The Morgan fingerprint density at radius 1 is 1.04 bits per heavy atom. The van der Waals surface area contributed by atoms with Crippen LogP contribution in [0.4, 0.5) is 29.6 Å². The third-order valence-electron chi connectivity index (χ3n) is 6.85. The lowest BCUT2D eigenvalue weighted by Gasteiger charge is -2.33. The normalized spacial score (nSPS) is 13.8. The molecule has 4 N–H and O–H groups in total. The number of aliphatic carboxylic acids is 2. The fourth-order valence-corrected chi connectivity index (χ4v) is 4.60. The summed E-state index contributed by atoms with van der Waals surface area (Å²) in [6, 6.07) is 13.5. The van der Waals surface area contributed by atoms with Crippen molar-refractivity contribution < 1.29 is 47.3 Å². The number of carboxylic acid groups (broad SMARTS) is 2. The number of anilines is 2. The number of alkyl halides is 3. The average molecular weight is 663 g/mol. The molecule has 0 saturated carbocycles. The molecule has 4 rings (SSSR count). The minimum Gasteiger partial charge on any atom is -0.481 e. The summed E-state index contributed by atoms with van der Waals surface area (Å²) in [5, 5.41) is 21.8. The van der Waals surface area contributed by atoms with Gasteiger partial charge in [-0.1, -0.05) is 36.4 Å². The molecule has 0 radical (unpaired) electrons. The largest absolute Gasteiger partial charge is 0.490 e. The van der Waals surface area contributed by atoms with Crippen LogP contribution in [-0.4, -0.2) is 74.0 Å². The molecule has 1 aliphatic rings. The van der Waals surface area contributed by atoms with Crippen molar-refractivity contribution in [2.24, 2.45) is 5.92 Å². The van der Waals surface area contributed by atoms with Crippen LogP contribution in [-0.2, 0) is 32.3 Å². The van der Waals surface area contributed by atoms with Gasteiger partial charge in [0.25, 0.3) is 0 Å². The van der Waals surface area contributed by atoms with Crippen LogP contribution >= 0.6 is 0 Å². The van der Waals surface area contributed by atoms with E-state index in [0.29, 0.717) is 37.6 Å². The zero-order valence-corrected chi connectivity index (χ0v) is 25.1. The molecule has 2 amide bonds. The molecule has 2 aromatic heterocycles. The molecule has 1 saturated heterocycles. The van der Waals surface area contributed by atoms with Crippen molar-refractivity contribution in [1.29, 1.82) is 0 Å². The van der Waals surface area contributed by atoms with Gasteiger partial charge in [-0.25, -0.2) is 19.4 Å². The Hall–Kier alpha value is -5.48. The van der Waals surface area contributed by atoms with Gasteiger partial charge < -0.3 is 30.5 Å². The molecule has 0 bridgehead atoms. The van der Waals surface area contributed by atoms with Crippen molar-refractivity contribution in [3.8, 4) is 0 Å². The van der Waals surface area contributed by atoms with Crippen molar-refractivity contribution in [3.05, 3.63) is 82.5 Å². The van der Waals surface area contributed by atoms with E-state index >= 15 is 0 Å². The number of halogens is 3. The van der Waals surface area contributed by atoms with Crippen LogP contribution < -0.4 is 21.2 Å². The predicted molar refractivity (Wildman–Crippen MR) is 161 cm³/mol. The quantitative estimate of drug-likeness (QED) is 0.249. The number of ether oxygens (including phenoxy) is 1. The second-order valence-electron chi connectivity index (χ2n) is 10.5. The van der Waals surface area contributed by atoms with E-state index in [9.17, 15) is 37.5 Å². The number of hydrogen-bond donors (Lipinski definition) is 4. The number of rotatable bonds is 10. The van der Waals surface area contributed by atoms with Gasteiger partial charge in [0.15, 0.2) is 0 Å². The highest BCUT2D eigenvalue weighted by Crippen LogP contribution is 2.24. The maximum Gasteiger partial charge on any atom is 0.490 e. The number of carboxylic acids is 2. The van der Waals surface area contributed by atoms with Crippen molar-refractivity contribution >= 4 is 35.6 Å². The summed E-state index contributed by atoms with van der Waals surface area (Å²) in [5.74, 6) is -3.11. The molecular formula is C30H33F3N6O8. The van der Waals surface area contributed by atoms with Crippen LogP contribution in [0, 0.1) is 12.8 Å². The van der Waals surface area contributed by atoms with Crippen LogP contribution in [0.1, 0.15) is 30.4 Å². The number of carbonyl (C=O) groups excluding carboxylic acids is 2. The van der Waals surface area contributed by atoms with E-state index in [2.05, 4.69) is 20.6 Å². The van der Waals surface area contributed by atoms with E-state index < -0.39 is 42.4 Å². The SMILES string of the molecule is Cc1cn(CC(CC(=O)O)NC(=O)OCc2ccccc2)c(=O)nc1N1CCC(C(=O)Nc2ccccn2)CC1.O=C(O)C(F)(F)F. The van der Waals surface area contributed by atoms with Gasteiger partial charge in [0, 0.05) is 43.5 Å². The minimum atomic E-state index is -5.08. The number of carbonyl (C=O) groups is 4. The van der Waals surface area contributed by atoms with E-state index in [4.69, 9.17) is 14.6 Å². The van der Waals surface area contributed by atoms with E-state index in [-0.39, 0.29) is 25.0 Å². The van der Waals surface area contributed by atoms with Crippen molar-refractivity contribution in [3.63, 3.8) is 0 Å². The minimum absolute atomic E-state index is 0.0310. The number of nitrogens with one attached hydrogen (secondary N) is 2. The zero-order chi connectivity index (χ0) is 34.6. The Balaban J connectivity index is 0.000000771. The highest BCUT2D eigenvalue weighted by Gasteiger charge is 2.38. The number of piperidine rings is 1. The summed E-state index contributed by atoms with van der Waals surface area (Å²) in [4.78, 5) is 68.5. The maximum absolute atomic E-state index is 12.9. The molecule has 1 aromatic carbocycles. The van der Waals surface area contributed by atoms with Crippen molar-refractivity contribution in [2.45, 2.75) is 51.6 Å². The van der Waals surface area contributed by atoms with Crippen LogP contribution in [0.15, 0.2) is 65.7 Å². The molecule has 47 heavy (non-hydrogen) atoms. The third-order valence-corrected chi connectivity index (χ3v) is 6.85. The molecule has 1 unspecified atom stereocenters. The lowest BCUT2D eigenvalue weighted by Crippen LogP contribution is -2.43. The Morgan fingerprint density at radius 2 is 1.68 bits per heavy atom. The number of nitrogens with zero attached hydrogens (tertiary/aromatic N) is 4. The lowest BCUT2D eigenvalue weighted by molar-refractivity contribution is -0.192. The Labute approximate surface area is 266 Å². The fraction of sp³-hybridized carbons (Fsp3) is 0.367. The number of pyridine rings is 1. The lowest BCUT2D eigenvalue weighted by atomic mass is 9.95. The Kier molecular flexibility index (Phi) is 12.8. The first kappa shape index (κ1) is 36.0. The van der Waals surface area contributed by atoms with Gasteiger partial charge in [-0.2, -0.15) is 18.2 Å². The van der Waals surface area contributed by atoms with E-state index in [1.54, 1.807) is 42.7 Å². The number of amides is 2. The molecule has 17 heteroatoms. The first-order valence-electron chi connectivity index (χ1n) is 14.3. The summed E-state index contributed by atoms with van der Waals surface area (Å²) >= 11 is 0. The smallest absolute Gasteiger partial charge is 0.481 e. The highest BCUT2D eigenvalue weighted by atomic mass is 19.4. The van der Waals surface area contributed by atoms with Crippen LogP contribution in [0.3, 0.4) is 0 Å². The van der Waals surface area contributed by atoms with Crippen LogP contribution in [0.25, 0.3) is 0 Å². The van der Waals surface area contributed by atoms with E-state index in [0.717, 1.165) is 11.1 Å². The van der Waals surface area contributed by atoms with Crippen LogP contribution in [0.5, 0.6) is 0 Å². The summed E-state index contributed by atoms with van der Waals surface area (Å²) in [5.41, 5.74) is 0.944. The molecular weight excluding hydrogens is 629 g/mol. The second-order valence-corrected chi connectivity index (χ2v) is 10.5. The highest BCUT2D eigenvalue weighted by molar-refractivity contribution is 5.91. The standard InChI is InChI=1S/C28H32N6O6.C2HF3O2/c1-19-16-34(17-22(15-24(35)36)30-28(39)40-18-20-7-3-2-4-8-20)27(38)32-25(19)33-13-10-21(11-14-33)26(37)31-23-9-5-6-12-29-23;3-2(4,5)1(6)7/h2-9,12,16,21-22H,10-11,13-15,17-18H2,1H3,(H,30,39)(H,35,36)(H,29,31,37);(H,6,7). The summed E-state index contributed by atoms with van der Waals surface area (Å²) in [6.07, 6.45) is -1.85. The van der Waals surface area contributed by atoms with Gasteiger partial charge in [-0.3, -0.25) is 14.2 Å². The van der Waals surface area contributed by atoms with Gasteiger partial charge in [0.2, 0.25) is 5.91 Å². The maximum atomic E-state index is 12.9. The monoisotopic (exact) mass is 662 g/mol. The first-order valence-corrected chi connectivity index (χ1v) is 14.3. The molecule has 3 aromatic rings. The number of aryl methyl sites for hydroxylation is 1. The van der Waals surface area contributed by atoms with Gasteiger partial charge in [-0.15, -0.1) is 0 Å². The average Bonchev–Trinajstić information content (AvgIpc) is 3.02. The molecule has 0 aliphatic carbocycles. The second kappa shape index (κ2) is 16.7. The fourth-order valence-electron chi connectivity index (χ4n) is 4.60. The summed E-state index contributed by atoms with van der Waals surface area (Å²) in [6.45, 7) is 2.85. The molecule has 1 atom stereocenters. The van der Waals surface area contributed by atoms with Crippen molar-refractivity contribution in [1.82, 2.24) is 19.9 Å². The molecule has 14 nitrogen and oxygen atoms in total. The zero-order valence-electron chi connectivity index (χ0n) is 25.1. The van der Waals surface area contributed by atoms with Gasteiger partial charge >= 0.3 is 29.9 Å². The Bertz CT molecular complexity index is 1580. The van der Waals surface area contributed by atoms with Gasteiger partial charge in [-0.05, 0) is 37.5 Å². The molecule has 1 aliphatic heterocycles. The third kappa shape index (κ3) is 11.8. The Morgan fingerprint density at radius 3 is 2.26 bits per heavy atom. The topological polar surface area (TPSA) is 193 Å². The number of aromatic nitrogens is 3. The van der Waals surface area contributed by atoms with Crippen LogP contribution in [0.2, 0.25) is 0 Å². The molecule has 3 heterocycles. The summed E-state index contributed by atoms with van der Waals surface area (Å²) < 4.78 is 38.2. The van der Waals surface area contributed by atoms with Gasteiger partial charge in [0.1, 0.15) is 18.2 Å².